The molecule has 186 valence electrons. The number of piperidine rings is 1. The molecule has 2 aliphatic heterocycles. The number of aromatic nitrogens is 2. The van der Waals surface area contributed by atoms with E-state index >= 15 is 0 Å². The number of amides is 2. The molecule has 4 rings (SSSR count). The van der Waals surface area contributed by atoms with Crippen molar-refractivity contribution in [2.45, 2.75) is 45.6 Å². The van der Waals surface area contributed by atoms with E-state index in [1.807, 2.05) is 25.7 Å². The van der Waals surface area contributed by atoms with Crippen LogP contribution in [0.2, 0.25) is 0 Å². The average molecular weight is 481 g/mol. The van der Waals surface area contributed by atoms with Gasteiger partial charge in [-0.1, -0.05) is 5.16 Å². The predicted octanol–water partition coefficient (Wildman–Crippen LogP) is 3.20. The first-order chi connectivity index (χ1) is 16.7. The summed E-state index contributed by atoms with van der Waals surface area (Å²) in [6.07, 6.45) is 1.98. The number of hydrogen-bond acceptors (Lipinski definition) is 8. The zero-order valence-electron chi connectivity index (χ0n) is 20.5. The van der Waals surface area contributed by atoms with Crippen molar-refractivity contribution in [3.63, 3.8) is 0 Å². The van der Waals surface area contributed by atoms with Gasteiger partial charge in [0.1, 0.15) is 5.60 Å². The Morgan fingerprint density at radius 3 is 2.54 bits per heavy atom. The Bertz CT molecular complexity index is 1080. The fourth-order valence-electron chi connectivity index (χ4n) is 4.37. The second kappa shape index (κ2) is 10.3. The van der Waals surface area contributed by atoms with Crippen LogP contribution >= 0.6 is 0 Å². The molecule has 2 saturated heterocycles. The lowest BCUT2D eigenvalue weighted by atomic mass is 9.96. The van der Waals surface area contributed by atoms with Gasteiger partial charge in [0.05, 0.1) is 11.6 Å². The van der Waals surface area contributed by atoms with Crippen LogP contribution < -0.4 is 10.2 Å². The van der Waals surface area contributed by atoms with E-state index in [1.165, 1.54) is 0 Å². The van der Waals surface area contributed by atoms with Gasteiger partial charge in [0.25, 0.3) is 0 Å². The summed E-state index contributed by atoms with van der Waals surface area (Å²) in [5.74, 6) is 0.714. The van der Waals surface area contributed by atoms with Crippen LogP contribution in [0.5, 0.6) is 0 Å². The molecule has 1 aromatic heterocycles. The maximum absolute atomic E-state index is 12.7. The summed E-state index contributed by atoms with van der Waals surface area (Å²) in [4.78, 5) is 33.2. The van der Waals surface area contributed by atoms with Crippen LogP contribution in [0.15, 0.2) is 28.8 Å². The summed E-state index contributed by atoms with van der Waals surface area (Å²) in [6, 6.07) is 9.55. The van der Waals surface area contributed by atoms with E-state index in [9.17, 15) is 9.59 Å². The van der Waals surface area contributed by atoms with E-state index in [1.54, 1.807) is 29.2 Å². The van der Waals surface area contributed by atoms with Crippen molar-refractivity contribution in [3.8, 4) is 17.5 Å². The number of hydrogen-bond donors (Lipinski definition) is 1. The van der Waals surface area contributed by atoms with Gasteiger partial charge in [-0.3, -0.25) is 4.79 Å². The maximum atomic E-state index is 12.7. The van der Waals surface area contributed by atoms with Crippen molar-refractivity contribution >= 4 is 18.0 Å². The Kier molecular flexibility index (Phi) is 7.24. The number of nitriles is 1. The average Bonchev–Trinajstić information content (AvgIpc) is 3.52. The molecule has 2 fully saturated rings. The molecular weight excluding hydrogens is 448 g/mol. The van der Waals surface area contributed by atoms with E-state index in [0.717, 1.165) is 12.0 Å². The first-order valence-electron chi connectivity index (χ1n) is 12.1. The third kappa shape index (κ3) is 6.29. The summed E-state index contributed by atoms with van der Waals surface area (Å²) in [6.45, 7) is 8.71. The van der Waals surface area contributed by atoms with Crippen molar-refractivity contribution in [2.75, 3.05) is 37.6 Å². The third-order valence-corrected chi connectivity index (χ3v) is 6.33. The first-order valence-corrected chi connectivity index (χ1v) is 12.1. The van der Waals surface area contributed by atoms with Crippen molar-refractivity contribution in [1.82, 2.24) is 20.4 Å². The minimum absolute atomic E-state index is 0.0594. The number of benzene rings is 1. The number of likely N-dealkylation sites (tertiary alicyclic amines) is 1. The molecule has 3 heterocycles. The molecule has 2 amide bonds. The van der Waals surface area contributed by atoms with Crippen molar-refractivity contribution in [1.29, 1.82) is 5.26 Å². The molecule has 1 N–H and O–H groups in total. The quantitative estimate of drug-likeness (QED) is 0.692. The number of ether oxygens (including phenoxy) is 1. The molecule has 1 aromatic carbocycles. The molecule has 35 heavy (non-hydrogen) atoms. The molecule has 0 spiro atoms. The minimum Gasteiger partial charge on any atom is -0.444 e. The van der Waals surface area contributed by atoms with Crippen LogP contribution in [0.4, 0.5) is 10.8 Å². The topological polar surface area (TPSA) is 125 Å². The number of nitrogens with one attached hydrogen (secondary N) is 1. The largest absolute Gasteiger partial charge is 0.444 e. The highest BCUT2D eigenvalue weighted by Gasteiger charge is 2.31. The molecule has 2 aromatic rings. The number of anilines is 1. The summed E-state index contributed by atoms with van der Waals surface area (Å²) in [5.41, 5.74) is 0.849. The van der Waals surface area contributed by atoms with E-state index in [0.29, 0.717) is 63.0 Å². The van der Waals surface area contributed by atoms with Crippen LogP contribution in [0.1, 0.15) is 45.6 Å². The van der Waals surface area contributed by atoms with Crippen molar-refractivity contribution in [2.24, 2.45) is 11.8 Å². The SMILES string of the molecule is CC(C)(C)OC(=O)N1CCC(CNC(=O)C2CCN(c3nc(-c4ccc(C#N)cc4)no3)CC2)C1. The maximum Gasteiger partial charge on any atom is 0.410 e. The van der Waals surface area contributed by atoms with Gasteiger partial charge in [-0.05, 0) is 70.2 Å². The summed E-state index contributed by atoms with van der Waals surface area (Å²) in [5, 5.41) is 16.1. The van der Waals surface area contributed by atoms with E-state index in [2.05, 4.69) is 21.5 Å². The van der Waals surface area contributed by atoms with Crippen molar-refractivity contribution in [3.05, 3.63) is 29.8 Å². The van der Waals surface area contributed by atoms with Crippen molar-refractivity contribution < 1.29 is 18.8 Å². The van der Waals surface area contributed by atoms with Crippen LogP contribution in [0.3, 0.4) is 0 Å². The number of rotatable bonds is 5. The molecule has 10 heteroatoms. The van der Waals surface area contributed by atoms with Gasteiger partial charge in [0.15, 0.2) is 0 Å². The zero-order chi connectivity index (χ0) is 25.0. The molecule has 0 aliphatic carbocycles. The number of carbonyl (C=O) groups is 2. The zero-order valence-corrected chi connectivity index (χ0v) is 20.5. The van der Waals surface area contributed by atoms with Crippen LogP contribution in [-0.4, -0.2) is 65.4 Å². The highest BCUT2D eigenvalue weighted by Crippen LogP contribution is 2.25. The van der Waals surface area contributed by atoms with Crippen LogP contribution in [-0.2, 0) is 9.53 Å². The Hall–Kier alpha value is -3.61. The fourth-order valence-corrected chi connectivity index (χ4v) is 4.37. The van der Waals surface area contributed by atoms with Gasteiger partial charge >= 0.3 is 12.1 Å². The molecule has 0 saturated carbocycles. The summed E-state index contributed by atoms with van der Waals surface area (Å²) in [7, 11) is 0. The Balaban J connectivity index is 1.21. The summed E-state index contributed by atoms with van der Waals surface area (Å²) >= 11 is 0. The monoisotopic (exact) mass is 480 g/mol. The fraction of sp³-hybridized carbons (Fsp3) is 0.560. The molecule has 2 aliphatic rings. The van der Waals surface area contributed by atoms with Gasteiger partial charge in [-0.25, -0.2) is 4.79 Å². The number of carbonyl (C=O) groups excluding carboxylic acids is 2. The summed E-state index contributed by atoms with van der Waals surface area (Å²) < 4.78 is 10.9. The molecule has 1 atom stereocenters. The first kappa shape index (κ1) is 24.5. The van der Waals surface area contributed by atoms with Gasteiger partial charge < -0.3 is 24.4 Å². The van der Waals surface area contributed by atoms with Gasteiger partial charge in [0, 0.05) is 44.2 Å². The Labute approximate surface area is 205 Å². The highest BCUT2D eigenvalue weighted by molar-refractivity contribution is 5.79. The Morgan fingerprint density at radius 2 is 1.89 bits per heavy atom. The standard InChI is InChI=1S/C25H32N6O4/c1-25(2,3)34-24(33)31-11-8-18(16-31)15-27-22(32)20-9-12-30(13-10-20)23-28-21(29-35-23)19-6-4-17(14-26)5-7-19/h4-7,18,20H,8-13,15-16H2,1-3H3,(H,27,32). The molecule has 0 radical (unpaired) electrons. The van der Waals surface area contributed by atoms with Crippen LogP contribution in [0.25, 0.3) is 11.4 Å². The lowest BCUT2D eigenvalue weighted by molar-refractivity contribution is -0.125. The van der Waals surface area contributed by atoms with Gasteiger partial charge in [0.2, 0.25) is 11.7 Å². The normalized spacial score (nSPS) is 18.9. The lowest BCUT2D eigenvalue weighted by Gasteiger charge is -2.30. The minimum atomic E-state index is -0.509. The molecule has 10 nitrogen and oxygen atoms in total. The lowest BCUT2D eigenvalue weighted by Crippen LogP contribution is -2.42. The third-order valence-electron chi connectivity index (χ3n) is 6.33. The Morgan fingerprint density at radius 1 is 1.17 bits per heavy atom. The highest BCUT2D eigenvalue weighted by atomic mass is 16.6. The molecule has 1 unspecified atom stereocenters. The molecule has 0 bridgehead atoms. The second-order valence-corrected chi connectivity index (χ2v) is 10.2. The molecular formula is C25H32N6O4. The van der Waals surface area contributed by atoms with Gasteiger partial charge in [-0.2, -0.15) is 10.2 Å². The second-order valence-electron chi connectivity index (χ2n) is 10.2. The van der Waals surface area contributed by atoms with E-state index in [4.69, 9.17) is 14.5 Å². The smallest absolute Gasteiger partial charge is 0.410 e. The number of nitrogens with zero attached hydrogens (tertiary/aromatic N) is 5. The van der Waals surface area contributed by atoms with E-state index in [-0.39, 0.29) is 23.8 Å². The van der Waals surface area contributed by atoms with Crippen LogP contribution in [0, 0.1) is 23.2 Å². The van der Waals surface area contributed by atoms with E-state index < -0.39 is 5.60 Å². The van der Waals surface area contributed by atoms with Gasteiger partial charge in [-0.15, -0.1) is 0 Å². The predicted molar refractivity (Wildman–Crippen MR) is 128 cm³/mol.